The molecule has 1 atom stereocenters. The minimum Gasteiger partial charge on any atom is -0.444 e. The van der Waals surface area contributed by atoms with Gasteiger partial charge >= 0.3 is 6.09 Å². The number of nitrogens with one attached hydrogen (secondary N) is 1. The van der Waals surface area contributed by atoms with Crippen LogP contribution in [0.1, 0.15) is 52.9 Å². The zero-order valence-electron chi connectivity index (χ0n) is 11.8. The van der Waals surface area contributed by atoms with Crippen LogP contribution in [0.2, 0.25) is 0 Å². The van der Waals surface area contributed by atoms with Crippen molar-refractivity contribution in [3.8, 4) is 0 Å². The number of ether oxygens (including phenoxy) is 1. The summed E-state index contributed by atoms with van der Waals surface area (Å²) < 4.78 is 5.21. The standard InChI is InChI=1S/C14H26ClNO2/c1-14(2,3)18-13(17)16-10-12(9-15)8-11-6-4-5-7-11/h11-12H,4-10H2,1-3H3,(H,16,17). The third kappa shape index (κ3) is 6.48. The average molecular weight is 276 g/mol. The van der Waals surface area contributed by atoms with E-state index >= 15 is 0 Å². The summed E-state index contributed by atoms with van der Waals surface area (Å²) in [5, 5.41) is 2.82. The van der Waals surface area contributed by atoms with Gasteiger partial charge < -0.3 is 10.1 Å². The highest BCUT2D eigenvalue weighted by atomic mass is 35.5. The van der Waals surface area contributed by atoms with E-state index in [-0.39, 0.29) is 6.09 Å². The Morgan fingerprint density at radius 2 is 2.00 bits per heavy atom. The fourth-order valence-electron chi connectivity index (χ4n) is 2.46. The molecule has 3 nitrogen and oxygen atoms in total. The number of rotatable bonds is 5. The van der Waals surface area contributed by atoms with Crippen LogP contribution in [0, 0.1) is 11.8 Å². The highest BCUT2D eigenvalue weighted by molar-refractivity contribution is 6.18. The molecule has 1 unspecified atom stereocenters. The van der Waals surface area contributed by atoms with Gasteiger partial charge in [-0.25, -0.2) is 4.79 Å². The molecule has 0 aromatic rings. The molecule has 0 heterocycles. The fourth-order valence-corrected chi connectivity index (χ4v) is 2.70. The van der Waals surface area contributed by atoms with Gasteiger partial charge in [-0.05, 0) is 39.0 Å². The maximum atomic E-state index is 11.5. The van der Waals surface area contributed by atoms with Crippen LogP contribution in [0.5, 0.6) is 0 Å². The van der Waals surface area contributed by atoms with E-state index in [4.69, 9.17) is 16.3 Å². The van der Waals surface area contributed by atoms with E-state index < -0.39 is 5.60 Å². The van der Waals surface area contributed by atoms with Gasteiger partial charge in [0.05, 0.1) is 0 Å². The Labute approximate surface area is 116 Å². The zero-order chi connectivity index (χ0) is 13.6. The zero-order valence-corrected chi connectivity index (χ0v) is 12.6. The number of amides is 1. The van der Waals surface area contributed by atoms with Gasteiger partial charge in [0.25, 0.3) is 0 Å². The van der Waals surface area contributed by atoms with Crippen molar-refractivity contribution in [2.24, 2.45) is 11.8 Å². The fraction of sp³-hybridized carbons (Fsp3) is 0.929. The Morgan fingerprint density at radius 1 is 1.39 bits per heavy atom. The van der Waals surface area contributed by atoms with E-state index in [0.717, 1.165) is 12.3 Å². The first-order valence-corrected chi connectivity index (χ1v) is 7.47. The van der Waals surface area contributed by atoms with Crippen molar-refractivity contribution in [1.82, 2.24) is 5.32 Å². The quantitative estimate of drug-likeness (QED) is 0.772. The molecule has 0 aromatic carbocycles. The highest BCUT2D eigenvalue weighted by Gasteiger charge is 2.21. The van der Waals surface area contributed by atoms with Crippen LogP contribution in [0.25, 0.3) is 0 Å². The van der Waals surface area contributed by atoms with Crippen LogP contribution in [0.3, 0.4) is 0 Å². The first kappa shape index (κ1) is 15.6. The lowest BCUT2D eigenvalue weighted by atomic mass is 9.94. The number of alkyl halides is 1. The van der Waals surface area contributed by atoms with Gasteiger partial charge in [0, 0.05) is 12.4 Å². The molecule has 1 aliphatic carbocycles. The molecule has 0 aliphatic heterocycles. The first-order chi connectivity index (χ1) is 8.40. The predicted molar refractivity (Wildman–Crippen MR) is 75.0 cm³/mol. The maximum absolute atomic E-state index is 11.5. The van der Waals surface area contributed by atoms with E-state index in [1.807, 2.05) is 20.8 Å². The normalized spacial score (nSPS) is 18.7. The van der Waals surface area contributed by atoms with Crippen molar-refractivity contribution in [1.29, 1.82) is 0 Å². The number of halogens is 1. The lowest BCUT2D eigenvalue weighted by Crippen LogP contribution is -2.36. The minimum atomic E-state index is -0.438. The molecule has 1 rings (SSSR count). The molecular formula is C14H26ClNO2. The third-order valence-electron chi connectivity index (χ3n) is 3.29. The molecule has 1 fully saturated rings. The van der Waals surface area contributed by atoms with Gasteiger partial charge in [-0.2, -0.15) is 0 Å². The molecule has 0 saturated heterocycles. The Kier molecular flexibility index (Phi) is 6.27. The predicted octanol–water partition coefficient (Wildman–Crippen LogP) is 3.95. The topological polar surface area (TPSA) is 38.3 Å². The van der Waals surface area contributed by atoms with Crippen LogP contribution in [-0.2, 0) is 4.74 Å². The molecule has 106 valence electrons. The van der Waals surface area contributed by atoms with Crippen LogP contribution in [-0.4, -0.2) is 24.1 Å². The van der Waals surface area contributed by atoms with Crippen LogP contribution >= 0.6 is 11.6 Å². The number of hydrogen-bond donors (Lipinski definition) is 1. The Morgan fingerprint density at radius 3 is 2.50 bits per heavy atom. The SMILES string of the molecule is CC(C)(C)OC(=O)NCC(CCl)CC1CCCC1. The summed E-state index contributed by atoms with van der Waals surface area (Å²) in [6.07, 6.45) is 6.11. The molecule has 18 heavy (non-hydrogen) atoms. The van der Waals surface area contributed by atoms with Gasteiger partial charge in [0.15, 0.2) is 0 Å². The molecule has 4 heteroatoms. The Bertz CT molecular complexity index is 257. The van der Waals surface area contributed by atoms with Gasteiger partial charge in [0.1, 0.15) is 5.60 Å². The minimum absolute atomic E-state index is 0.343. The molecule has 0 spiro atoms. The van der Waals surface area contributed by atoms with Crippen molar-refractivity contribution >= 4 is 17.7 Å². The summed E-state index contributed by atoms with van der Waals surface area (Å²) in [7, 11) is 0. The van der Waals surface area contributed by atoms with Crippen LogP contribution in [0.4, 0.5) is 4.79 Å². The number of carbonyl (C=O) groups excluding carboxylic acids is 1. The summed E-state index contributed by atoms with van der Waals surface area (Å²) >= 11 is 5.97. The van der Waals surface area contributed by atoms with Crippen molar-refractivity contribution in [3.05, 3.63) is 0 Å². The molecule has 1 N–H and O–H groups in total. The van der Waals surface area contributed by atoms with E-state index in [9.17, 15) is 4.79 Å². The molecular weight excluding hydrogens is 250 g/mol. The third-order valence-corrected chi connectivity index (χ3v) is 3.73. The average Bonchev–Trinajstić information content (AvgIpc) is 2.74. The number of carbonyl (C=O) groups is 1. The van der Waals surface area contributed by atoms with Crippen molar-refractivity contribution in [2.75, 3.05) is 12.4 Å². The maximum Gasteiger partial charge on any atom is 0.407 e. The summed E-state index contributed by atoms with van der Waals surface area (Å²) in [6.45, 7) is 6.22. The van der Waals surface area contributed by atoms with Crippen LogP contribution < -0.4 is 5.32 Å². The van der Waals surface area contributed by atoms with Crippen molar-refractivity contribution in [2.45, 2.75) is 58.5 Å². The monoisotopic (exact) mass is 275 g/mol. The van der Waals surface area contributed by atoms with Crippen molar-refractivity contribution in [3.63, 3.8) is 0 Å². The van der Waals surface area contributed by atoms with E-state index in [0.29, 0.717) is 18.3 Å². The second-order valence-corrected chi connectivity index (χ2v) is 6.60. The van der Waals surface area contributed by atoms with E-state index in [2.05, 4.69) is 5.32 Å². The molecule has 0 radical (unpaired) electrons. The second kappa shape index (κ2) is 7.22. The van der Waals surface area contributed by atoms with Gasteiger partial charge in [-0.1, -0.05) is 25.7 Å². The molecule has 1 amide bonds. The summed E-state index contributed by atoms with van der Waals surface area (Å²) in [5.74, 6) is 1.77. The number of alkyl carbamates (subject to hydrolysis) is 1. The first-order valence-electron chi connectivity index (χ1n) is 6.93. The summed E-state index contributed by atoms with van der Waals surface area (Å²) in [5.41, 5.74) is -0.438. The second-order valence-electron chi connectivity index (χ2n) is 6.29. The largest absolute Gasteiger partial charge is 0.444 e. The Balaban J connectivity index is 2.23. The molecule has 0 bridgehead atoms. The summed E-state index contributed by atoms with van der Waals surface area (Å²) in [4.78, 5) is 11.5. The van der Waals surface area contributed by atoms with Gasteiger partial charge in [0.2, 0.25) is 0 Å². The number of hydrogen-bond acceptors (Lipinski definition) is 2. The van der Waals surface area contributed by atoms with Gasteiger partial charge in [-0.15, -0.1) is 11.6 Å². The molecule has 1 saturated carbocycles. The van der Waals surface area contributed by atoms with Crippen molar-refractivity contribution < 1.29 is 9.53 Å². The van der Waals surface area contributed by atoms with Gasteiger partial charge in [-0.3, -0.25) is 0 Å². The molecule has 0 aromatic heterocycles. The van der Waals surface area contributed by atoms with E-state index in [1.54, 1.807) is 0 Å². The highest BCUT2D eigenvalue weighted by Crippen LogP contribution is 2.30. The smallest absolute Gasteiger partial charge is 0.407 e. The lowest BCUT2D eigenvalue weighted by Gasteiger charge is -2.22. The summed E-state index contributed by atoms with van der Waals surface area (Å²) in [6, 6.07) is 0. The Hall–Kier alpha value is -0.440. The lowest BCUT2D eigenvalue weighted by molar-refractivity contribution is 0.0518. The molecule has 1 aliphatic rings. The van der Waals surface area contributed by atoms with Crippen LogP contribution in [0.15, 0.2) is 0 Å². The van der Waals surface area contributed by atoms with E-state index in [1.165, 1.54) is 25.7 Å².